The molecule has 1 aromatic carbocycles. The first-order chi connectivity index (χ1) is 15.4. The predicted molar refractivity (Wildman–Crippen MR) is 115 cm³/mol. The number of carbonyl (C=O) groups excluding carboxylic acids is 2. The monoisotopic (exact) mass is 441 g/mol. The number of aromatic nitrogens is 2. The van der Waals surface area contributed by atoms with Crippen LogP contribution in [0.1, 0.15) is 34.4 Å². The van der Waals surface area contributed by atoms with Gasteiger partial charge in [0.05, 0.1) is 26.2 Å². The number of hydrogen-bond donors (Lipinski definition) is 1. The van der Waals surface area contributed by atoms with Gasteiger partial charge in [-0.15, -0.1) is 0 Å². The molecule has 0 aliphatic carbocycles. The van der Waals surface area contributed by atoms with E-state index in [0.29, 0.717) is 17.3 Å². The predicted octanol–water partition coefficient (Wildman–Crippen LogP) is 3.06. The Labute approximate surface area is 183 Å². The van der Waals surface area contributed by atoms with Crippen molar-refractivity contribution in [3.05, 3.63) is 47.0 Å². The first-order valence-corrected chi connectivity index (χ1v) is 9.67. The van der Waals surface area contributed by atoms with Crippen LogP contribution in [0.15, 0.2) is 28.7 Å². The lowest BCUT2D eigenvalue weighted by Gasteiger charge is -2.07. The summed E-state index contributed by atoms with van der Waals surface area (Å²) in [5.41, 5.74) is 7.02. The van der Waals surface area contributed by atoms with Crippen LogP contribution in [-0.2, 0) is 20.9 Å². The third-order valence-electron chi connectivity index (χ3n) is 4.44. The molecule has 0 saturated heterocycles. The van der Waals surface area contributed by atoms with Crippen molar-refractivity contribution < 1.29 is 33.0 Å². The number of carbonyl (C=O) groups is 2. The lowest BCUT2D eigenvalue weighted by atomic mass is 10.2. The van der Waals surface area contributed by atoms with E-state index in [-0.39, 0.29) is 41.5 Å². The molecule has 3 rings (SSSR count). The van der Waals surface area contributed by atoms with Crippen molar-refractivity contribution in [3.63, 3.8) is 0 Å². The Bertz CT molecular complexity index is 1180. The number of methoxy groups -OCH3 is 2. The van der Waals surface area contributed by atoms with E-state index in [9.17, 15) is 9.59 Å². The average molecular weight is 441 g/mol. The largest absolute Gasteiger partial charge is 0.493 e. The van der Waals surface area contributed by atoms with Gasteiger partial charge in [0.1, 0.15) is 17.1 Å². The number of rotatable bonds is 8. The van der Waals surface area contributed by atoms with Gasteiger partial charge in [-0.3, -0.25) is 0 Å². The van der Waals surface area contributed by atoms with Crippen LogP contribution in [0.3, 0.4) is 0 Å². The number of furan rings is 1. The van der Waals surface area contributed by atoms with Crippen LogP contribution >= 0.6 is 0 Å². The molecule has 0 unspecified atom stereocenters. The zero-order valence-electron chi connectivity index (χ0n) is 18.1. The number of nitrogens with zero attached hydrogens (tertiary/aromatic N) is 2. The fraction of sp³-hybridized carbons (Fsp3) is 0.273. The van der Waals surface area contributed by atoms with E-state index in [1.165, 1.54) is 13.2 Å². The summed E-state index contributed by atoms with van der Waals surface area (Å²) in [5, 5.41) is 0.268. The van der Waals surface area contributed by atoms with E-state index >= 15 is 0 Å². The van der Waals surface area contributed by atoms with Crippen LogP contribution in [0.25, 0.3) is 17.2 Å². The van der Waals surface area contributed by atoms with Gasteiger partial charge in [-0.05, 0) is 37.6 Å². The van der Waals surface area contributed by atoms with E-state index in [1.54, 1.807) is 45.2 Å². The number of esters is 2. The van der Waals surface area contributed by atoms with Gasteiger partial charge in [-0.2, -0.15) is 4.98 Å². The molecule has 2 aromatic heterocycles. The van der Waals surface area contributed by atoms with Crippen LogP contribution in [0.4, 0.5) is 5.82 Å². The second-order valence-corrected chi connectivity index (χ2v) is 6.51. The number of fused-ring (bicyclic) bond motifs is 1. The molecule has 10 heteroatoms. The molecule has 0 radical (unpaired) electrons. The van der Waals surface area contributed by atoms with Crippen LogP contribution in [0, 0.1) is 6.92 Å². The normalized spacial score (nSPS) is 11.0. The molecule has 0 aliphatic heterocycles. The molecule has 3 aromatic rings. The summed E-state index contributed by atoms with van der Waals surface area (Å²) < 4.78 is 26.2. The second kappa shape index (κ2) is 9.82. The van der Waals surface area contributed by atoms with Crippen LogP contribution < -0.4 is 15.2 Å². The second-order valence-electron chi connectivity index (χ2n) is 6.51. The van der Waals surface area contributed by atoms with Crippen LogP contribution in [0.2, 0.25) is 0 Å². The molecule has 0 saturated carbocycles. The quantitative estimate of drug-likeness (QED) is 0.410. The van der Waals surface area contributed by atoms with Gasteiger partial charge in [-0.1, -0.05) is 6.07 Å². The molecule has 0 fully saturated rings. The fourth-order valence-corrected chi connectivity index (χ4v) is 3.00. The molecular weight excluding hydrogens is 418 g/mol. The fourth-order valence-electron chi connectivity index (χ4n) is 3.00. The molecule has 2 N–H and O–H groups in total. The number of nitrogen functional groups attached to an aromatic ring is 1. The van der Waals surface area contributed by atoms with E-state index in [0.717, 1.165) is 5.56 Å². The minimum atomic E-state index is -0.607. The summed E-state index contributed by atoms with van der Waals surface area (Å²) in [6.07, 6.45) is 2.84. The summed E-state index contributed by atoms with van der Waals surface area (Å²) in [7, 11) is 3.07. The third-order valence-corrected chi connectivity index (χ3v) is 4.44. The minimum absolute atomic E-state index is 0.0295. The van der Waals surface area contributed by atoms with E-state index < -0.39 is 11.9 Å². The topological polar surface area (TPSA) is 136 Å². The van der Waals surface area contributed by atoms with E-state index in [2.05, 4.69) is 9.97 Å². The number of hydrogen-bond acceptors (Lipinski definition) is 10. The average Bonchev–Trinajstić information content (AvgIpc) is 3.12. The van der Waals surface area contributed by atoms with Gasteiger partial charge in [0.2, 0.25) is 5.71 Å². The van der Waals surface area contributed by atoms with Crippen molar-refractivity contribution in [1.82, 2.24) is 9.97 Å². The molecule has 168 valence electrons. The smallest absolute Gasteiger partial charge is 0.342 e. The van der Waals surface area contributed by atoms with Gasteiger partial charge in [-0.25, -0.2) is 14.6 Å². The van der Waals surface area contributed by atoms with Crippen molar-refractivity contribution in [2.24, 2.45) is 0 Å². The molecule has 10 nitrogen and oxygen atoms in total. The maximum Gasteiger partial charge on any atom is 0.342 e. The summed E-state index contributed by atoms with van der Waals surface area (Å²) in [4.78, 5) is 32.6. The van der Waals surface area contributed by atoms with Crippen molar-refractivity contribution in [2.45, 2.75) is 20.5 Å². The standard InChI is InChI=1S/C22H23N3O7/c1-5-30-22(27)18-12(2)32-21-19(18)20(23)24-16(25-21)11-31-17(26)9-7-13-6-8-14(28-3)15(10-13)29-4/h6-10H,5,11H2,1-4H3,(H2,23,24,25)/b9-7+. The number of anilines is 1. The van der Waals surface area contributed by atoms with Gasteiger partial charge < -0.3 is 29.1 Å². The Balaban J connectivity index is 1.71. The van der Waals surface area contributed by atoms with Gasteiger partial charge in [0.25, 0.3) is 0 Å². The van der Waals surface area contributed by atoms with Crippen molar-refractivity contribution >= 4 is 34.9 Å². The van der Waals surface area contributed by atoms with Gasteiger partial charge in [0, 0.05) is 6.08 Å². The molecule has 32 heavy (non-hydrogen) atoms. The molecule has 0 aliphatic rings. The first-order valence-electron chi connectivity index (χ1n) is 9.67. The van der Waals surface area contributed by atoms with Crippen molar-refractivity contribution in [1.29, 1.82) is 0 Å². The maximum atomic E-state index is 12.2. The van der Waals surface area contributed by atoms with Crippen LogP contribution in [0.5, 0.6) is 11.5 Å². The number of aryl methyl sites for hydroxylation is 1. The zero-order valence-corrected chi connectivity index (χ0v) is 18.1. The summed E-state index contributed by atoms with van der Waals surface area (Å²) >= 11 is 0. The first kappa shape index (κ1) is 22.6. The number of ether oxygens (including phenoxy) is 4. The van der Waals surface area contributed by atoms with Crippen molar-refractivity contribution in [3.8, 4) is 11.5 Å². The number of benzene rings is 1. The molecular formula is C22H23N3O7. The highest BCUT2D eigenvalue weighted by molar-refractivity contribution is 6.07. The highest BCUT2D eigenvalue weighted by Gasteiger charge is 2.24. The summed E-state index contributed by atoms with van der Waals surface area (Å²) in [6.45, 7) is 3.27. The molecule has 0 atom stereocenters. The SMILES string of the molecule is CCOC(=O)c1c(C)oc2nc(COC(=O)/C=C/c3ccc(OC)c(OC)c3)nc(N)c12. The lowest BCUT2D eigenvalue weighted by Crippen LogP contribution is -2.09. The Morgan fingerprint density at radius 3 is 2.56 bits per heavy atom. The summed E-state index contributed by atoms with van der Waals surface area (Å²) in [5.74, 6) is 0.413. The van der Waals surface area contributed by atoms with Crippen LogP contribution in [-0.4, -0.2) is 42.7 Å². The molecule has 0 spiro atoms. The van der Waals surface area contributed by atoms with E-state index in [4.69, 9.17) is 29.1 Å². The molecule has 0 bridgehead atoms. The van der Waals surface area contributed by atoms with Gasteiger partial charge >= 0.3 is 11.9 Å². The molecule has 2 heterocycles. The lowest BCUT2D eigenvalue weighted by molar-refractivity contribution is -0.139. The van der Waals surface area contributed by atoms with Crippen molar-refractivity contribution in [2.75, 3.05) is 26.6 Å². The van der Waals surface area contributed by atoms with E-state index in [1.807, 2.05) is 0 Å². The van der Waals surface area contributed by atoms with Gasteiger partial charge in [0.15, 0.2) is 23.9 Å². The highest BCUT2D eigenvalue weighted by Crippen LogP contribution is 2.29. The highest BCUT2D eigenvalue weighted by atomic mass is 16.5. The third kappa shape index (κ3) is 4.80. The molecule has 0 amide bonds. The minimum Gasteiger partial charge on any atom is -0.493 e. The zero-order chi connectivity index (χ0) is 23.3. The Kier molecular flexibility index (Phi) is 6.93. The number of nitrogens with two attached hydrogens (primary N) is 1. The summed E-state index contributed by atoms with van der Waals surface area (Å²) in [6, 6.07) is 5.22. The Morgan fingerprint density at radius 2 is 1.88 bits per heavy atom. The Morgan fingerprint density at radius 1 is 1.12 bits per heavy atom. The maximum absolute atomic E-state index is 12.2. The Hall–Kier alpha value is -4.08.